The average molecular weight is 524 g/mol. The molecular weight excluding hydrogens is 494 g/mol. The number of carbonyl (C=O) groups excluding carboxylic acids is 1. The van der Waals surface area contributed by atoms with Crippen molar-refractivity contribution in [3.63, 3.8) is 0 Å². The molecule has 0 unspecified atom stereocenters. The van der Waals surface area contributed by atoms with Gasteiger partial charge < -0.3 is 15.5 Å². The van der Waals surface area contributed by atoms with Crippen LogP contribution in [0.4, 0.5) is 4.39 Å². The summed E-state index contributed by atoms with van der Waals surface area (Å²) in [6, 6.07) is 14.7. The maximum absolute atomic E-state index is 14.2. The van der Waals surface area contributed by atoms with E-state index in [-0.39, 0.29) is 41.1 Å². The number of hydrogen-bond acceptors (Lipinski definition) is 2. The normalized spacial score (nSPS) is 14.5. The maximum Gasteiger partial charge on any atom is 0.253 e. The lowest BCUT2D eigenvalue weighted by atomic mass is 9.95. The molecule has 1 aliphatic rings. The number of aliphatic imine (C=N–C) groups is 1. The van der Waals surface area contributed by atoms with Crippen LogP contribution in [0.25, 0.3) is 0 Å². The molecule has 0 spiro atoms. The quantitative estimate of drug-likeness (QED) is 0.331. The van der Waals surface area contributed by atoms with Gasteiger partial charge in [-0.15, -0.1) is 24.0 Å². The third-order valence-corrected chi connectivity index (χ3v) is 5.40. The lowest BCUT2D eigenvalue weighted by Gasteiger charge is -2.19. The van der Waals surface area contributed by atoms with Gasteiger partial charge in [0.05, 0.1) is 0 Å². The second kappa shape index (κ2) is 10.7. The Kier molecular flexibility index (Phi) is 8.64. The van der Waals surface area contributed by atoms with E-state index in [1.54, 1.807) is 32.1 Å². The lowest BCUT2D eigenvalue weighted by Crippen LogP contribution is -2.42. The predicted octanol–water partition coefficient (Wildman–Crippen LogP) is 3.58. The summed E-state index contributed by atoms with van der Waals surface area (Å²) in [7, 11) is 5.23. The molecule has 1 amide bonds. The molecule has 0 radical (unpaired) electrons. The van der Waals surface area contributed by atoms with Gasteiger partial charge in [-0.3, -0.25) is 9.79 Å². The fraction of sp³-hybridized carbons (Fsp3) is 0.391. The molecule has 2 aromatic rings. The summed E-state index contributed by atoms with van der Waals surface area (Å²) in [5, 5.41) is 6.65. The highest BCUT2D eigenvalue weighted by Gasteiger charge is 2.45. The van der Waals surface area contributed by atoms with E-state index in [0.717, 1.165) is 30.4 Å². The van der Waals surface area contributed by atoms with Crippen LogP contribution in [-0.4, -0.2) is 51.0 Å². The summed E-state index contributed by atoms with van der Waals surface area (Å²) in [6.07, 6.45) is 2.73. The van der Waals surface area contributed by atoms with E-state index >= 15 is 0 Å². The summed E-state index contributed by atoms with van der Waals surface area (Å²) in [5.41, 5.74) is 2.43. The van der Waals surface area contributed by atoms with Gasteiger partial charge in [0.25, 0.3) is 5.91 Å². The van der Waals surface area contributed by atoms with Crippen LogP contribution in [-0.2, 0) is 11.8 Å². The van der Waals surface area contributed by atoms with Crippen LogP contribution < -0.4 is 10.6 Å². The van der Waals surface area contributed by atoms with Gasteiger partial charge in [0.1, 0.15) is 5.82 Å². The van der Waals surface area contributed by atoms with E-state index in [1.165, 1.54) is 6.07 Å². The van der Waals surface area contributed by atoms with Crippen molar-refractivity contribution in [1.29, 1.82) is 0 Å². The van der Waals surface area contributed by atoms with Gasteiger partial charge in [0.2, 0.25) is 0 Å². The molecule has 1 saturated carbocycles. The van der Waals surface area contributed by atoms with Gasteiger partial charge in [0.15, 0.2) is 5.96 Å². The van der Waals surface area contributed by atoms with Gasteiger partial charge in [-0.2, -0.15) is 0 Å². The van der Waals surface area contributed by atoms with Crippen molar-refractivity contribution in [2.24, 2.45) is 4.99 Å². The van der Waals surface area contributed by atoms with E-state index in [2.05, 4.69) is 15.6 Å². The number of nitrogens with zero attached hydrogens (tertiary/aromatic N) is 2. The Morgan fingerprint density at radius 2 is 1.87 bits per heavy atom. The summed E-state index contributed by atoms with van der Waals surface area (Å²) < 4.78 is 14.2. The minimum absolute atomic E-state index is 0. The van der Waals surface area contributed by atoms with Crippen molar-refractivity contribution in [1.82, 2.24) is 15.5 Å². The second-order valence-electron chi connectivity index (χ2n) is 7.76. The topological polar surface area (TPSA) is 56.7 Å². The van der Waals surface area contributed by atoms with Gasteiger partial charge >= 0.3 is 0 Å². The molecule has 0 saturated heterocycles. The molecule has 5 nitrogen and oxygen atoms in total. The van der Waals surface area contributed by atoms with E-state index in [0.29, 0.717) is 24.6 Å². The van der Waals surface area contributed by atoms with Gasteiger partial charge in [-0.25, -0.2) is 4.39 Å². The van der Waals surface area contributed by atoms with E-state index < -0.39 is 0 Å². The van der Waals surface area contributed by atoms with Crippen molar-refractivity contribution in [2.45, 2.75) is 24.7 Å². The van der Waals surface area contributed by atoms with Crippen LogP contribution >= 0.6 is 24.0 Å². The highest BCUT2D eigenvalue weighted by Crippen LogP contribution is 2.48. The predicted molar refractivity (Wildman–Crippen MR) is 130 cm³/mol. The van der Waals surface area contributed by atoms with Crippen LogP contribution in [0.3, 0.4) is 0 Å². The molecule has 0 aliphatic heterocycles. The van der Waals surface area contributed by atoms with Crippen molar-refractivity contribution < 1.29 is 9.18 Å². The Balaban J connectivity index is 0.00000320. The van der Waals surface area contributed by atoms with Gasteiger partial charge in [-0.1, -0.05) is 30.3 Å². The molecular formula is C23H30FIN4O. The zero-order chi connectivity index (χ0) is 20.9. The molecule has 1 aliphatic carbocycles. The summed E-state index contributed by atoms with van der Waals surface area (Å²) in [5.74, 6) is 0.565. The Morgan fingerprint density at radius 1 is 1.13 bits per heavy atom. The smallest absolute Gasteiger partial charge is 0.253 e. The number of amides is 1. The minimum atomic E-state index is -0.137. The number of guanidine groups is 1. The number of rotatable bonds is 7. The monoisotopic (exact) mass is 524 g/mol. The Bertz CT molecular complexity index is 896. The first-order valence-electron chi connectivity index (χ1n) is 9.95. The van der Waals surface area contributed by atoms with Crippen LogP contribution in [0.5, 0.6) is 0 Å². The highest BCUT2D eigenvalue weighted by molar-refractivity contribution is 14.0. The van der Waals surface area contributed by atoms with Crippen LogP contribution in [0.2, 0.25) is 0 Å². The number of hydrogen-bond donors (Lipinski definition) is 2. The van der Waals surface area contributed by atoms with Crippen LogP contribution in [0, 0.1) is 5.82 Å². The largest absolute Gasteiger partial charge is 0.356 e. The van der Waals surface area contributed by atoms with E-state index in [1.807, 2.05) is 36.4 Å². The molecule has 162 valence electrons. The fourth-order valence-electron chi connectivity index (χ4n) is 3.50. The highest BCUT2D eigenvalue weighted by atomic mass is 127. The lowest BCUT2D eigenvalue weighted by molar-refractivity contribution is 0.0827. The number of carbonyl (C=O) groups is 1. The Hall–Kier alpha value is -2.16. The van der Waals surface area contributed by atoms with Crippen molar-refractivity contribution >= 4 is 35.8 Å². The minimum Gasteiger partial charge on any atom is -0.356 e. The van der Waals surface area contributed by atoms with Crippen molar-refractivity contribution in [3.8, 4) is 0 Å². The van der Waals surface area contributed by atoms with E-state index in [4.69, 9.17) is 0 Å². The Morgan fingerprint density at radius 3 is 2.50 bits per heavy atom. The molecule has 3 rings (SSSR count). The summed E-state index contributed by atoms with van der Waals surface area (Å²) in [4.78, 5) is 18.0. The number of halogens is 2. The summed E-state index contributed by atoms with van der Waals surface area (Å²) >= 11 is 0. The standard InChI is InChI=1S/C23H29FN4O.HI/c1-25-22(27-16-23(12-13-23)19-9-4-5-10-20(19)24)26-14-11-17-7-6-8-18(15-17)21(29)28(2)3;/h4-10,15H,11-14,16H2,1-3H3,(H2,25,26,27);1H. The first-order chi connectivity index (χ1) is 13.9. The molecule has 2 N–H and O–H groups in total. The second-order valence-corrected chi connectivity index (χ2v) is 7.76. The maximum atomic E-state index is 14.2. The van der Waals surface area contributed by atoms with Gasteiger partial charge in [-0.05, 0) is 48.6 Å². The van der Waals surface area contributed by atoms with Crippen molar-refractivity contribution in [3.05, 3.63) is 71.0 Å². The number of nitrogens with one attached hydrogen (secondary N) is 2. The first kappa shape index (κ1) is 24.1. The third-order valence-electron chi connectivity index (χ3n) is 5.40. The number of benzene rings is 2. The molecule has 0 atom stereocenters. The third kappa shape index (κ3) is 5.93. The molecule has 7 heteroatoms. The average Bonchev–Trinajstić information content (AvgIpc) is 3.51. The first-order valence-corrected chi connectivity index (χ1v) is 9.95. The SMILES string of the molecule is CN=C(NCCc1cccc(C(=O)N(C)C)c1)NCC1(c2ccccc2F)CC1.I. The van der Waals surface area contributed by atoms with Gasteiger partial charge in [0, 0.05) is 45.2 Å². The molecule has 0 heterocycles. The molecule has 1 fully saturated rings. The van der Waals surface area contributed by atoms with Crippen LogP contribution in [0.15, 0.2) is 53.5 Å². The molecule has 30 heavy (non-hydrogen) atoms. The molecule has 2 aromatic carbocycles. The molecule has 0 bridgehead atoms. The zero-order valence-electron chi connectivity index (χ0n) is 17.7. The molecule has 0 aromatic heterocycles. The Labute approximate surface area is 195 Å². The summed E-state index contributed by atoms with van der Waals surface area (Å²) in [6.45, 7) is 1.34. The van der Waals surface area contributed by atoms with E-state index in [9.17, 15) is 9.18 Å². The van der Waals surface area contributed by atoms with Crippen molar-refractivity contribution in [2.75, 3.05) is 34.2 Å². The van der Waals surface area contributed by atoms with Crippen LogP contribution in [0.1, 0.15) is 34.3 Å². The zero-order valence-corrected chi connectivity index (χ0v) is 20.1. The fourth-order valence-corrected chi connectivity index (χ4v) is 3.50.